The van der Waals surface area contributed by atoms with Crippen LogP contribution in [0.2, 0.25) is 10.0 Å². The van der Waals surface area contributed by atoms with Crippen molar-refractivity contribution in [1.29, 1.82) is 0 Å². The summed E-state index contributed by atoms with van der Waals surface area (Å²) in [6, 6.07) is 12.9. The molecular formula is C24H26Cl2N4O2. The van der Waals surface area contributed by atoms with Gasteiger partial charge in [-0.25, -0.2) is 4.98 Å². The van der Waals surface area contributed by atoms with Gasteiger partial charge in [-0.2, -0.15) is 0 Å². The van der Waals surface area contributed by atoms with Crippen LogP contribution in [-0.4, -0.2) is 55.6 Å². The number of anilines is 2. The summed E-state index contributed by atoms with van der Waals surface area (Å²) in [7, 11) is 2.15. The monoisotopic (exact) mass is 472 g/mol. The molecule has 1 amide bonds. The van der Waals surface area contributed by atoms with Gasteiger partial charge in [-0.1, -0.05) is 30.1 Å². The Labute approximate surface area is 198 Å². The third kappa shape index (κ3) is 5.26. The molecule has 0 spiro atoms. The summed E-state index contributed by atoms with van der Waals surface area (Å²) in [5.41, 5.74) is 2.85. The number of nitrogens with zero attached hydrogens (tertiary/aromatic N) is 3. The number of aromatic nitrogens is 1. The Balaban J connectivity index is 1.47. The van der Waals surface area contributed by atoms with Gasteiger partial charge >= 0.3 is 0 Å². The van der Waals surface area contributed by atoms with Crippen LogP contribution in [0.5, 0.6) is 5.75 Å². The second-order valence-corrected chi connectivity index (χ2v) is 8.77. The average Bonchev–Trinajstić information content (AvgIpc) is 2.78. The minimum absolute atomic E-state index is 0.152. The van der Waals surface area contributed by atoms with E-state index in [9.17, 15) is 4.79 Å². The number of carbonyl (C=O) groups excluding carboxylic acids is 1. The van der Waals surface area contributed by atoms with E-state index in [0.29, 0.717) is 21.5 Å². The van der Waals surface area contributed by atoms with Crippen LogP contribution in [0.4, 0.5) is 11.5 Å². The number of piperazine rings is 1. The second-order valence-electron chi connectivity index (χ2n) is 7.93. The van der Waals surface area contributed by atoms with Crippen molar-refractivity contribution in [2.75, 3.05) is 50.1 Å². The van der Waals surface area contributed by atoms with Gasteiger partial charge in [-0.15, -0.1) is 0 Å². The zero-order chi connectivity index (χ0) is 22.7. The Morgan fingerprint density at radius 3 is 2.59 bits per heavy atom. The van der Waals surface area contributed by atoms with Crippen LogP contribution in [0, 0.1) is 0 Å². The SMILES string of the molecule is CCc1cc(N2CCN(C)CC2)nc2ccc(NC(=O)COc3ccc(Cl)cc3Cl)cc12. The van der Waals surface area contributed by atoms with Gasteiger partial charge in [-0.3, -0.25) is 4.79 Å². The summed E-state index contributed by atoms with van der Waals surface area (Å²) in [6.45, 7) is 6.01. The molecule has 32 heavy (non-hydrogen) atoms. The second kappa shape index (κ2) is 9.94. The molecule has 168 valence electrons. The van der Waals surface area contributed by atoms with Crippen LogP contribution in [0.3, 0.4) is 0 Å². The first-order valence-corrected chi connectivity index (χ1v) is 11.4. The van der Waals surface area contributed by atoms with E-state index >= 15 is 0 Å². The molecule has 0 aliphatic carbocycles. The predicted molar refractivity (Wildman–Crippen MR) is 131 cm³/mol. The third-order valence-corrected chi connectivity index (χ3v) is 6.16. The lowest BCUT2D eigenvalue weighted by atomic mass is 10.1. The summed E-state index contributed by atoms with van der Waals surface area (Å²) in [6.07, 6.45) is 0.884. The molecule has 1 fully saturated rings. The number of rotatable bonds is 6. The fourth-order valence-corrected chi connectivity index (χ4v) is 4.24. The molecule has 2 heterocycles. The molecule has 1 aliphatic heterocycles. The lowest BCUT2D eigenvalue weighted by Gasteiger charge is -2.33. The van der Waals surface area contributed by atoms with Crippen LogP contribution in [-0.2, 0) is 11.2 Å². The molecule has 0 saturated carbocycles. The molecule has 1 N–H and O–H groups in total. The Hall–Kier alpha value is -2.54. The molecule has 1 saturated heterocycles. The first-order valence-electron chi connectivity index (χ1n) is 10.7. The lowest BCUT2D eigenvalue weighted by Crippen LogP contribution is -2.44. The molecule has 0 bridgehead atoms. The highest BCUT2D eigenvalue weighted by Crippen LogP contribution is 2.28. The Morgan fingerprint density at radius 1 is 1.09 bits per heavy atom. The van der Waals surface area contributed by atoms with Crippen molar-refractivity contribution >= 4 is 51.5 Å². The van der Waals surface area contributed by atoms with Gasteiger partial charge in [0.1, 0.15) is 11.6 Å². The normalized spacial score (nSPS) is 14.6. The zero-order valence-electron chi connectivity index (χ0n) is 18.2. The number of nitrogens with one attached hydrogen (secondary N) is 1. The predicted octanol–water partition coefficient (Wildman–Crippen LogP) is 4.87. The Kier molecular flexibility index (Phi) is 7.04. The van der Waals surface area contributed by atoms with Gasteiger partial charge in [-0.05, 0) is 61.5 Å². The average molecular weight is 473 g/mol. The van der Waals surface area contributed by atoms with Gasteiger partial charge < -0.3 is 19.9 Å². The van der Waals surface area contributed by atoms with E-state index in [1.165, 1.54) is 5.56 Å². The first-order chi connectivity index (χ1) is 15.4. The number of ether oxygens (including phenoxy) is 1. The lowest BCUT2D eigenvalue weighted by molar-refractivity contribution is -0.118. The van der Waals surface area contributed by atoms with Gasteiger partial charge in [0.25, 0.3) is 5.91 Å². The first kappa shape index (κ1) is 22.6. The highest BCUT2D eigenvalue weighted by Gasteiger charge is 2.17. The number of likely N-dealkylation sites (N-methyl/N-ethyl adjacent to an activating group) is 1. The maximum atomic E-state index is 12.4. The largest absolute Gasteiger partial charge is 0.482 e. The minimum atomic E-state index is -0.268. The highest BCUT2D eigenvalue weighted by atomic mass is 35.5. The zero-order valence-corrected chi connectivity index (χ0v) is 19.7. The van der Waals surface area contributed by atoms with Crippen LogP contribution in [0.1, 0.15) is 12.5 Å². The molecule has 1 aliphatic rings. The Morgan fingerprint density at radius 2 is 1.88 bits per heavy atom. The number of pyridine rings is 1. The van der Waals surface area contributed by atoms with E-state index in [1.807, 2.05) is 18.2 Å². The van der Waals surface area contributed by atoms with E-state index in [0.717, 1.165) is 49.3 Å². The number of carbonyl (C=O) groups is 1. The summed E-state index contributed by atoms with van der Waals surface area (Å²) in [5.74, 6) is 1.17. The van der Waals surface area contributed by atoms with Crippen molar-refractivity contribution in [2.24, 2.45) is 0 Å². The van der Waals surface area contributed by atoms with E-state index in [4.69, 9.17) is 32.9 Å². The van der Waals surface area contributed by atoms with Gasteiger partial charge in [0, 0.05) is 42.3 Å². The number of hydrogen-bond donors (Lipinski definition) is 1. The van der Waals surface area contributed by atoms with Crippen molar-refractivity contribution in [3.8, 4) is 5.75 Å². The third-order valence-electron chi connectivity index (χ3n) is 5.63. The fourth-order valence-electron chi connectivity index (χ4n) is 3.78. The molecule has 6 nitrogen and oxygen atoms in total. The van der Waals surface area contributed by atoms with Crippen molar-refractivity contribution in [3.63, 3.8) is 0 Å². The van der Waals surface area contributed by atoms with Crippen molar-refractivity contribution in [2.45, 2.75) is 13.3 Å². The standard InChI is InChI=1S/C24H26Cl2N4O2/c1-3-16-12-23(30-10-8-29(2)9-11-30)28-21-6-5-18(14-19(16)21)27-24(31)15-32-22-7-4-17(25)13-20(22)26/h4-7,12-14H,3,8-11,15H2,1-2H3,(H,27,31). The summed E-state index contributed by atoms with van der Waals surface area (Å²) in [4.78, 5) is 22.0. The molecule has 3 aromatic rings. The van der Waals surface area contributed by atoms with E-state index in [-0.39, 0.29) is 12.5 Å². The molecule has 0 radical (unpaired) electrons. The number of fused-ring (bicyclic) bond motifs is 1. The van der Waals surface area contributed by atoms with Crippen molar-refractivity contribution in [1.82, 2.24) is 9.88 Å². The van der Waals surface area contributed by atoms with Crippen LogP contribution < -0.4 is 15.0 Å². The van der Waals surface area contributed by atoms with Gasteiger partial charge in [0.2, 0.25) is 0 Å². The number of hydrogen-bond acceptors (Lipinski definition) is 5. The van der Waals surface area contributed by atoms with Crippen LogP contribution >= 0.6 is 23.2 Å². The van der Waals surface area contributed by atoms with Crippen molar-refractivity contribution < 1.29 is 9.53 Å². The van der Waals surface area contributed by atoms with Crippen LogP contribution in [0.15, 0.2) is 42.5 Å². The van der Waals surface area contributed by atoms with E-state index in [1.54, 1.807) is 18.2 Å². The number of halogens is 2. The van der Waals surface area contributed by atoms with Crippen molar-refractivity contribution in [3.05, 3.63) is 58.1 Å². The molecule has 0 atom stereocenters. The number of benzene rings is 2. The quantitative estimate of drug-likeness (QED) is 0.554. The summed E-state index contributed by atoms with van der Waals surface area (Å²) >= 11 is 12.0. The number of aryl methyl sites for hydroxylation is 1. The fraction of sp³-hybridized carbons (Fsp3) is 0.333. The van der Waals surface area contributed by atoms with Gasteiger partial charge in [0.05, 0.1) is 10.5 Å². The topological polar surface area (TPSA) is 57.7 Å². The van der Waals surface area contributed by atoms with Gasteiger partial charge in [0.15, 0.2) is 6.61 Å². The maximum Gasteiger partial charge on any atom is 0.262 e. The highest BCUT2D eigenvalue weighted by molar-refractivity contribution is 6.35. The summed E-state index contributed by atoms with van der Waals surface area (Å²) in [5, 5.41) is 4.82. The molecule has 8 heteroatoms. The number of amides is 1. The molecule has 1 aromatic heterocycles. The molecule has 2 aromatic carbocycles. The Bertz CT molecular complexity index is 1130. The smallest absolute Gasteiger partial charge is 0.262 e. The van der Waals surface area contributed by atoms with E-state index < -0.39 is 0 Å². The molecular weight excluding hydrogens is 447 g/mol. The van der Waals surface area contributed by atoms with E-state index in [2.05, 4.69) is 35.2 Å². The minimum Gasteiger partial charge on any atom is -0.482 e. The maximum absolute atomic E-state index is 12.4. The van der Waals surface area contributed by atoms with Crippen LogP contribution in [0.25, 0.3) is 10.9 Å². The molecule has 0 unspecified atom stereocenters. The molecule has 4 rings (SSSR count). The summed E-state index contributed by atoms with van der Waals surface area (Å²) < 4.78 is 5.52.